The predicted molar refractivity (Wildman–Crippen MR) is 43.4 cm³/mol. The van der Waals surface area contributed by atoms with E-state index in [0.29, 0.717) is 33.9 Å². The van der Waals surface area contributed by atoms with Crippen molar-refractivity contribution in [2.24, 2.45) is 0 Å². The van der Waals surface area contributed by atoms with E-state index >= 15 is 0 Å². The molecule has 0 aliphatic heterocycles. The molecule has 1 rings (SSSR count). The van der Waals surface area contributed by atoms with Crippen LogP contribution in [0, 0.1) is 0 Å². The van der Waals surface area contributed by atoms with E-state index in [-0.39, 0.29) is 0 Å². The molecule has 0 spiro atoms. The molecule has 0 fully saturated rings. The lowest BCUT2D eigenvalue weighted by Gasteiger charge is -1.98. The molecule has 0 aromatic heterocycles. The van der Waals surface area contributed by atoms with Crippen LogP contribution in [0.2, 0.25) is 0 Å². The Morgan fingerprint density at radius 1 is 0.900 bits per heavy atom. The molecule has 0 aliphatic carbocycles. The second-order valence-electron chi connectivity index (χ2n) is 1.63. The molecule has 0 aliphatic rings. The zero-order valence-electron chi connectivity index (χ0n) is 5.02. The summed E-state index contributed by atoms with van der Waals surface area (Å²) in [6.45, 7) is 0. The van der Waals surface area contributed by atoms with Gasteiger partial charge in [-0.3, -0.25) is 0 Å². The molecule has 2 nitrogen and oxygen atoms in total. The van der Waals surface area contributed by atoms with Crippen molar-refractivity contribution in [1.82, 2.24) is 0 Å². The summed E-state index contributed by atoms with van der Waals surface area (Å²) in [5.41, 5.74) is 0. The summed E-state index contributed by atoms with van der Waals surface area (Å²) in [5.74, 6) is 0. The molecule has 4 heteroatoms. The fraction of sp³-hybridized carbons (Fsp3) is 0. The van der Waals surface area contributed by atoms with Crippen LogP contribution in [0.1, 0.15) is 0 Å². The van der Waals surface area contributed by atoms with Crippen LogP contribution in [0.3, 0.4) is 0 Å². The van der Waals surface area contributed by atoms with Crippen LogP contribution in [-0.4, -0.2) is 9.11 Å². The molecule has 0 saturated heterocycles. The van der Waals surface area contributed by atoms with Crippen molar-refractivity contribution in [2.75, 3.05) is 0 Å². The van der Waals surface area contributed by atoms with E-state index in [1.807, 2.05) is 0 Å². The average molecular weight is 174 g/mol. The van der Waals surface area contributed by atoms with Gasteiger partial charge in [0.2, 0.25) is 0 Å². The van der Waals surface area contributed by atoms with Crippen molar-refractivity contribution in [3.05, 3.63) is 24.3 Å². The standard InChI is InChI=1S/C6H6O2S2/c7-9-5-3-1-2-4-6(5)10-8/h1-4,7-8H. The number of benzene rings is 1. The lowest BCUT2D eigenvalue weighted by Crippen LogP contribution is -1.74. The minimum Gasteiger partial charge on any atom is -0.325 e. The minimum absolute atomic E-state index is 0.639. The number of hydrogen-bond acceptors (Lipinski definition) is 4. The van der Waals surface area contributed by atoms with Crippen molar-refractivity contribution in [3.8, 4) is 0 Å². The van der Waals surface area contributed by atoms with Gasteiger partial charge in [0.1, 0.15) is 0 Å². The first-order valence-corrected chi connectivity index (χ1v) is 4.15. The molecule has 0 saturated carbocycles. The molecule has 0 atom stereocenters. The van der Waals surface area contributed by atoms with E-state index in [0.717, 1.165) is 0 Å². The van der Waals surface area contributed by atoms with Crippen molar-refractivity contribution < 1.29 is 9.11 Å². The summed E-state index contributed by atoms with van der Waals surface area (Å²) in [7, 11) is 0. The molecule has 0 bridgehead atoms. The maximum absolute atomic E-state index is 8.64. The Kier molecular flexibility index (Phi) is 3.08. The minimum atomic E-state index is 0.639. The summed E-state index contributed by atoms with van der Waals surface area (Å²) < 4.78 is 17.3. The maximum atomic E-state index is 8.64. The van der Waals surface area contributed by atoms with Crippen LogP contribution in [0.15, 0.2) is 34.1 Å². The third-order valence-electron chi connectivity index (χ3n) is 1.05. The van der Waals surface area contributed by atoms with Gasteiger partial charge in [-0.25, -0.2) is 0 Å². The van der Waals surface area contributed by atoms with Crippen LogP contribution in [-0.2, 0) is 0 Å². The van der Waals surface area contributed by atoms with Crippen molar-refractivity contribution >= 4 is 24.1 Å². The SMILES string of the molecule is OSc1ccccc1SO. The van der Waals surface area contributed by atoms with E-state index in [1.165, 1.54) is 0 Å². The monoisotopic (exact) mass is 174 g/mol. The molecule has 2 N–H and O–H groups in total. The van der Waals surface area contributed by atoms with Crippen molar-refractivity contribution in [3.63, 3.8) is 0 Å². The predicted octanol–water partition coefficient (Wildman–Crippen LogP) is 2.82. The van der Waals surface area contributed by atoms with Crippen LogP contribution < -0.4 is 0 Å². The molecular weight excluding hydrogens is 168 g/mol. The van der Waals surface area contributed by atoms with Gasteiger partial charge in [0.25, 0.3) is 0 Å². The first-order chi connectivity index (χ1) is 4.88. The second kappa shape index (κ2) is 3.88. The highest BCUT2D eigenvalue weighted by Gasteiger charge is 1.98. The smallest absolute Gasteiger partial charge is 0.0509 e. The van der Waals surface area contributed by atoms with Crippen LogP contribution in [0.25, 0.3) is 0 Å². The quantitative estimate of drug-likeness (QED) is 0.676. The van der Waals surface area contributed by atoms with Gasteiger partial charge in [-0.1, -0.05) is 12.1 Å². The molecule has 1 aromatic carbocycles. The summed E-state index contributed by atoms with van der Waals surface area (Å²) >= 11 is 1.28. The molecule has 54 valence electrons. The van der Waals surface area contributed by atoms with Gasteiger partial charge in [0, 0.05) is 24.1 Å². The zero-order chi connectivity index (χ0) is 7.40. The molecule has 0 radical (unpaired) electrons. The molecule has 0 amide bonds. The largest absolute Gasteiger partial charge is 0.325 e. The van der Waals surface area contributed by atoms with Gasteiger partial charge in [-0.05, 0) is 12.1 Å². The van der Waals surface area contributed by atoms with E-state index in [9.17, 15) is 0 Å². The Morgan fingerprint density at radius 3 is 1.60 bits per heavy atom. The fourth-order valence-corrected chi connectivity index (χ4v) is 1.42. The highest BCUT2D eigenvalue weighted by Crippen LogP contribution is 2.26. The van der Waals surface area contributed by atoms with Gasteiger partial charge in [-0.15, -0.1) is 0 Å². The van der Waals surface area contributed by atoms with Crippen molar-refractivity contribution in [2.45, 2.75) is 9.79 Å². The summed E-state index contributed by atoms with van der Waals surface area (Å²) in [6.07, 6.45) is 0. The van der Waals surface area contributed by atoms with Gasteiger partial charge in [0.05, 0.1) is 9.79 Å². The molecule has 0 heterocycles. The maximum Gasteiger partial charge on any atom is 0.0509 e. The third kappa shape index (κ3) is 1.67. The zero-order valence-corrected chi connectivity index (χ0v) is 6.65. The summed E-state index contributed by atoms with van der Waals surface area (Å²) in [6, 6.07) is 7.09. The van der Waals surface area contributed by atoms with Gasteiger partial charge in [-0.2, -0.15) is 0 Å². The second-order valence-corrected chi connectivity index (χ2v) is 2.87. The molecule has 10 heavy (non-hydrogen) atoms. The van der Waals surface area contributed by atoms with E-state index in [2.05, 4.69) is 0 Å². The fourth-order valence-electron chi connectivity index (χ4n) is 0.601. The van der Waals surface area contributed by atoms with Crippen LogP contribution in [0.5, 0.6) is 0 Å². The van der Waals surface area contributed by atoms with Crippen LogP contribution in [0.4, 0.5) is 0 Å². The van der Waals surface area contributed by atoms with Gasteiger partial charge in [0.15, 0.2) is 0 Å². The first-order valence-electron chi connectivity index (χ1n) is 2.60. The van der Waals surface area contributed by atoms with E-state index in [1.54, 1.807) is 24.3 Å². The number of rotatable bonds is 2. The van der Waals surface area contributed by atoms with Crippen LogP contribution >= 0.6 is 24.1 Å². The van der Waals surface area contributed by atoms with E-state index < -0.39 is 0 Å². The average Bonchev–Trinajstić information content (AvgIpc) is 2.04. The Morgan fingerprint density at radius 2 is 1.30 bits per heavy atom. The van der Waals surface area contributed by atoms with Gasteiger partial charge >= 0.3 is 0 Å². The summed E-state index contributed by atoms with van der Waals surface area (Å²) in [4.78, 5) is 1.35. The highest BCUT2D eigenvalue weighted by atomic mass is 32.2. The molecule has 0 unspecified atom stereocenters. The van der Waals surface area contributed by atoms with E-state index in [4.69, 9.17) is 9.11 Å². The Bertz CT molecular complexity index is 192. The molecular formula is C6H6O2S2. The number of hydrogen-bond donors (Lipinski definition) is 2. The van der Waals surface area contributed by atoms with Gasteiger partial charge < -0.3 is 9.11 Å². The highest BCUT2D eigenvalue weighted by molar-refractivity contribution is 7.96. The molecule has 1 aromatic rings. The third-order valence-corrected chi connectivity index (χ3v) is 2.28. The Balaban J connectivity index is 2.96. The first kappa shape index (κ1) is 7.94. The Hall–Kier alpha value is -0.160. The summed E-state index contributed by atoms with van der Waals surface area (Å²) in [5, 5.41) is 0. The lowest BCUT2D eigenvalue weighted by atomic mass is 10.4. The lowest BCUT2D eigenvalue weighted by molar-refractivity contribution is 0.652. The van der Waals surface area contributed by atoms with Crippen molar-refractivity contribution in [1.29, 1.82) is 0 Å². The Labute approximate surface area is 67.7 Å². The topological polar surface area (TPSA) is 40.5 Å². The normalized spacial score (nSPS) is 9.80.